The van der Waals surface area contributed by atoms with E-state index >= 15 is 0 Å². The van der Waals surface area contributed by atoms with Crippen LogP contribution in [0.4, 0.5) is 10.1 Å². The Kier molecular flexibility index (Phi) is 4.11. The first-order valence-electron chi connectivity index (χ1n) is 6.67. The van der Waals surface area contributed by atoms with E-state index in [-0.39, 0.29) is 11.7 Å². The lowest BCUT2D eigenvalue weighted by Gasteiger charge is -2.17. The molecular weight excluding hydrogens is 389 g/mol. The number of hydrogen-bond acceptors (Lipinski definition) is 4. The van der Waals surface area contributed by atoms with Gasteiger partial charge in [0.2, 0.25) is 5.91 Å². The smallest absolute Gasteiger partial charge is 0.342 e. The van der Waals surface area contributed by atoms with Crippen LogP contribution in [0.5, 0.6) is 5.75 Å². The minimum atomic E-state index is -4.28. The van der Waals surface area contributed by atoms with Crippen molar-refractivity contribution < 1.29 is 21.8 Å². The number of benzene rings is 2. The highest BCUT2D eigenvalue weighted by atomic mass is 79.9. The van der Waals surface area contributed by atoms with E-state index < -0.39 is 20.8 Å². The predicted octanol–water partition coefficient (Wildman–Crippen LogP) is 3.24. The maximum Gasteiger partial charge on any atom is 0.342 e. The quantitative estimate of drug-likeness (QED) is 0.804. The number of anilines is 1. The second kappa shape index (κ2) is 5.93. The third kappa shape index (κ3) is 3.37. The van der Waals surface area contributed by atoms with Crippen molar-refractivity contribution in [3.05, 3.63) is 52.3 Å². The minimum absolute atomic E-state index is 0.0715. The van der Waals surface area contributed by atoms with Gasteiger partial charge in [0.25, 0.3) is 0 Å². The molecule has 1 aliphatic rings. The van der Waals surface area contributed by atoms with Gasteiger partial charge >= 0.3 is 10.1 Å². The molecule has 0 radical (unpaired) electrons. The van der Waals surface area contributed by atoms with Gasteiger partial charge in [0.15, 0.2) is 0 Å². The minimum Gasteiger partial charge on any atom is -0.379 e. The van der Waals surface area contributed by atoms with Gasteiger partial charge in [-0.15, -0.1) is 0 Å². The van der Waals surface area contributed by atoms with Crippen molar-refractivity contribution >= 4 is 37.6 Å². The number of hydrogen-bond donors (Lipinski definition) is 1. The van der Waals surface area contributed by atoms with Crippen molar-refractivity contribution in [2.75, 3.05) is 5.32 Å². The Morgan fingerprint density at radius 3 is 2.65 bits per heavy atom. The molecule has 1 N–H and O–H groups in total. The molecule has 0 fully saturated rings. The molecule has 120 valence electrons. The van der Waals surface area contributed by atoms with E-state index in [0.717, 1.165) is 17.7 Å². The molecule has 1 aliphatic heterocycles. The normalized spacial score (nSPS) is 14.1. The SMILES string of the molecule is O=C1CCc2cc(OS(=O)(=O)c3ccc(Br)cc3F)ccc2N1. The zero-order valence-electron chi connectivity index (χ0n) is 11.7. The first-order valence-corrected chi connectivity index (χ1v) is 8.87. The van der Waals surface area contributed by atoms with Gasteiger partial charge in [0.05, 0.1) is 0 Å². The van der Waals surface area contributed by atoms with Crippen molar-refractivity contribution in [1.29, 1.82) is 0 Å². The number of halogens is 2. The summed E-state index contributed by atoms with van der Waals surface area (Å²) in [7, 11) is -4.28. The second-order valence-corrected chi connectivity index (χ2v) is 7.41. The van der Waals surface area contributed by atoms with Crippen molar-refractivity contribution in [3.8, 4) is 5.75 Å². The van der Waals surface area contributed by atoms with Gasteiger partial charge in [-0.1, -0.05) is 15.9 Å². The maximum absolute atomic E-state index is 13.8. The van der Waals surface area contributed by atoms with E-state index in [9.17, 15) is 17.6 Å². The standard InChI is InChI=1S/C15H11BrFNO4S/c16-10-2-5-14(12(17)8-10)23(20,21)22-11-3-4-13-9(7-11)1-6-15(19)18-13/h2-5,7-8H,1,6H2,(H,18,19). The van der Waals surface area contributed by atoms with Crippen LogP contribution in [-0.4, -0.2) is 14.3 Å². The molecule has 0 unspecified atom stereocenters. The highest BCUT2D eigenvalue weighted by molar-refractivity contribution is 9.10. The average molecular weight is 400 g/mol. The van der Waals surface area contributed by atoms with Gasteiger partial charge in [-0.2, -0.15) is 8.42 Å². The Morgan fingerprint density at radius 1 is 1.13 bits per heavy atom. The zero-order chi connectivity index (χ0) is 16.6. The lowest BCUT2D eigenvalue weighted by molar-refractivity contribution is -0.116. The van der Waals surface area contributed by atoms with Crippen LogP contribution < -0.4 is 9.50 Å². The summed E-state index contributed by atoms with van der Waals surface area (Å²) in [5.74, 6) is -0.914. The van der Waals surface area contributed by atoms with Gasteiger partial charge in [-0.25, -0.2) is 4.39 Å². The summed E-state index contributed by atoms with van der Waals surface area (Å²) in [6.07, 6.45) is 0.815. The van der Waals surface area contributed by atoms with Gasteiger partial charge in [0.1, 0.15) is 16.5 Å². The fourth-order valence-corrected chi connectivity index (χ4v) is 3.57. The largest absolute Gasteiger partial charge is 0.379 e. The molecule has 8 heteroatoms. The topological polar surface area (TPSA) is 72.5 Å². The van der Waals surface area contributed by atoms with Crippen LogP contribution in [0.3, 0.4) is 0 Å². The molecule has 0 spiro atoms. The highest BCUT2D eigenvalue weighted by Crippen LogP contribution is 2.29. The molecule has 0 aromatic heterocycles. The number of amides is 1. The summed E-state index contributed by atoms with van der Waals surface area (Å²) in [6.45, 7) is 0. The molecular formula is C15H11BrFNO4S. The van der Waals surface area contributed by atoms with Crippen LogP contribution in [0, 0.1) is 5.82 Å². The van der Waals surface area contributed by atoms with Crippen LogP contribution in [0.15, 0.2) is 45.8 Å². The van der Waals surface area contributed by atoms with Crippen LogP contribution in [0.2, 0.25) is 0 Å². The Labute approximate surface area is 140 Å². The molecule has 0 atom stereocenters. The van der Waals surface area contributed by atoms with Gasteiger partial charge < -0.3 is 9.50 Å². The van der Waals surface area contributed by atoms with Gasteiger partial charge in [0, 0.05) is 16.6 Å². The monoisotopic (exact) mass is 399 g/mol. The number of fused-ring (bicyclic) bond motifs is 1. The molecule has 0 aliphatic carbocycles. The number of aryl methyl sites for hydroxylation is 1. The van der Waals surface area contributed by atoms with Crippen LogP contribution in [-0.2, 0) is 21.3 Å². The summed E-state index contributed by atoms with van der Waals surface area (Å²) in [5.41, 5.74) is 1.40. The second-order valence-electron chi connectivity index (χ2n) is 4.98. The fourth-order valence-electron chi connectivity index (χ4n) is 2.26. The first-order chi connectivity index (χ1) is 10.8. The van der Waals surface area contributed by atoms with Crippen molar-refractivity contribution in [1.82, 2.24) is 0 Å². The van der Waals surface area contributed by atoms with Crippen LogP contribution >= 0.6 is 15.9 Å². The molecule has 1 amide bonds. The van der Waals surface area contributed by atoms with Crippen LogP contribution in [0.1, 0.15) is 12.0 Å². The van der Waals surface area contributed by atoms with E-state index in [1.54, 1.807) is 6.07 Å². The van der Waals surface area contributed by atoms with Crippen molar-refractivity contribution in [2.24, 2.45) is 0 Å². The molecule has 23 heavy (non-hydrogen) atoms. The Bertz CT molecular complexity index is 898. The van der Waals surface area contributed by atoms with Gasteiger partial charge in [-0.3, -0.25) is 4.79 Å². The number of nitrogens with one attached hydrogen (secondary N) is 1. The zero-order valence-corrected chi connectivity index (χ0v) is 14.1. The Balaban J connectivity index is 1.90. The summed E-state index contributed by atoms with van der Waals surface area (Å²) >= 11 is 3.07. The third-order valence-corrected chi connectivity index (χ3v) is 5.12. The maximum atomic E-state index is 13.8. The van der Waals surface area contributed by atoms with E-state index in [4.69, 9.17) is 4.18 Å². The van der Waals surface area contributed by atoms with Crippen LogP contribution in [0.25, 0.3) is 0 Å². The molecule has 2 aromatic carbocycles. The third-order valence-electron chi connectivity index (χ3n) is 3.34. The molecule has 1 heterocycles. The lowest BCUT2D eigenvalue weighted by Crippen LogP contribution is -2.19. The Hall–Kier alpha value is -1.93. The number of carbonyl (C=O) groups excluding carboxylic acids is 1. The number of carbonyl (C=O) groups is 1. The molecule has 0 saturated heterocycles. The first kappa shape index (κ1) is 15.9. The van der Waals surface area contributed by atoms with E-state index in [0.29, 0.717) is 23.0 Å². The summed E-state index contributed by atoms with van der Waals surface area (Å²) in [6, 6.07) is 8.12. The van der Waals surface area contributed by atoms with Crippen molar-refractivity contribution in [3.63, 3.8) is 0 Å². The summed E-state index contributed by atoms with van der Waals surface area (Å²) in [4.78, 5) is 10.8. The molecule has 0 saturated carbocycles. The predicted molar refractivity (Wildman–Crippen MR) is 85.3 cm³/mol. The molecule has 2 aromatic rings. The Morgan fingerprint density at radius 2 is 1.91 bits per heavy atom. The summed E-state index contributed by atoms with van der Waals surface area (Å²) in [5, 5.41) is 2.69. The highest BCUT2D eigenvalue weighted by Gasteiger charge is 2.23. The fraction of sp³-hybridized carbons (Fsp3) is 0.133. The van der Waals surface area contributed by atoms with Gasteiger partial charge in [-0.05, 0) is 48.4 Å². The number of rotatable bonds is 3. The lowest BCUT2D eigenvalue weighted by atomic mass is 10.0. The summed E-state index contributed by atoms with van der Waals surface area (Å²) < 4.78 is 43.7. The molecule has 3 rings (SSSR count). The van der Waals surface area contributed by atoms with E-state index in [1.165, 1.54) is 18.2 Å². The van der Waals surface area contributed by atoms with E-state index in [2.05, 4.69) is 21.2 Å². The molecule has 0 bridgehead atoms. The van der Waals surface area contributed by atoms with Crippen molar-refractivity contribution in [2.45, 2.75) is 17.7 Å². The average Bonchev–Trinajstić information content (AvgIpc) is 2.46. The van der Waals surface area contributed by atoms with E-state index in [1.807, 2.05) is 0 Å². The molecule has 5 nitrogen and oxygen atoms in total.